The van der Waals surface area contributed by atoms with E-state index >= 15 is 0 Å². The highest BCUT2D eigenvalue weighted by atomic mass is 35.5. The minimum Gasteiger partial charge on any atom is -0.324 e. The number of rotatable bonds is 5. The van der Waals surface area contributed by atoms with Crippen LogP contribution in [0, 0.1) is 0 Å². The molecule has 1 aromatic heterocycles. The first kappa shape index (κ1) is 13.8. The number of carbonyl (C=O) groups excluding carboxylic acids is 1. The molecule has 4 nitrogen and oxygen atoms in total. The summed E-state index contributed by atoms with van der Waals surface area (Å²) in [5.74, 6) is -0.0311. The smallest absolute Gasteiger partial charge is 0.182 e. The molecule has 1 atom stereocenters. The summed E-state index contributed by atoms with van der Waals surface area (Å²) in [6.07, 6.45) is 2.42. The van der Waals surface area contributed by atoms with Gasteiger partial charge in [-0.2, -0.15) is 5.10 Å². The number of hydrogen-bond acceptors (Lipinski definition) is 3. The third-order valence-electron chi connectivity index (χ3n) is 3.07. The molecule has 2 N–H and O–H groups in total. The molecule has 1 unspecified atom stereocenters. The van der Waals surface area contributed by atoms with Crippen molar-refractivity contribution in [1.82, 2.24) is 9.78 Å². The molecule has 0 fully saturated rings. The van der Waals surface area contributed by atoms with Gasteiger partial charge in [-0.15, -0.1) is 0 Å². The zero-order valence-corrected chi connectivity index (χ0v) is 11.5. The van der Waals surface area contributed by atoms with E-state index in [0.717, 1.165) is 5.56 Å². The van der Waals surface area contributed by atoms with E-state index in [9.17, 15) is 4.79 Å². The van der Waals surface area contributed by atoms with E-state index < -0.39 is 0 Å². The zero-order valence-electron chi connectivity index (χ0n) is 10.7. The summed E-state index contributed by atoms with van der Waals surface area (Å²) in [7, 11) is 1.70. The SMILES string of the molecule is Cn1ncc(Cl)c1C(=O)CCC(N)c1ccccc1. The lowest BCUT2D eigenvalue weighted by Crippen LogP contribution is -2.14. The van der Waals surface area contributed by atoms with Gasteiger partial charge in [0.15, 0.2) is 5.78 Å². The number of ketones is 1. The van der Waals surface area contributed by atoms with Crippen LogP contribution in [0.3, 0.4) is 0 Å². The average Bonchev–Trinajstić information content (AvgIpc) is 2.76. The molecule has 2 rings (SSSR count). The fourth-order valence-electron chi connectivity index (χ4n) is 2.00. The van der Waals surface area contributed by atoms with Crippen LogP contribution in [0.15, 0.2) is 36.5 Å². The van der Waals surface area contributed by atoms with Gasteiger partial charge in [0.25, 0.3) is 0 Å². The standard InChI is InChI=1S/C14H16ClN3O/c1-18-14(11(15)9-17-18)13(19)8-7-12(16)10-5-3-2-4-6-10/h2-6,9,12H,7-8,16H2,1H3. The number of nitrogens with zero attached hydrogens (tertiary/aromatic N) is 2. The molecule has 100 valence electrons. The Bertz CT molecular complexity index is 546. The number of Topliss-reactive ketones (excluding diaryl/α,β-unsaturated/α-hetero) is 1. The molecule has 1 heterocycles. The number of carbonyl (C=O) groups is 1. The maximum atomic E-state index is 12.1. The van der Waals surface area contributed by atoms with Crippen LogP contribution in [-0.2, 0) is 7.05 Å². The molecule has 2 aromatic rings. The Morgan fingerprint density at radius 3 is 2.68 bits per heavy atom. The molecule has 0 bridgehead atoms. The summed E-state index contributed by atoms with van der Waals surface area (Å²) in [6, 6.07) is 9.61. The van der Waals surface area contributed by atoms with Crippen LogP contribution >= 0.6 is 11.6 Å². The largest absolute Gasteiger partial charge is 0.324 e. The summed E-state index contributed by atoms with van der Waals surface area (Å²) in [5.41, 5.74) is 7.55. The second-order valence-electron chi connectivity index (χ2n) is 4.44. The molecule has 0 amide bonds. The molecule has 0 saturated heterocycles. The van der Waals surface area contributed by atoms with Crippen molar-refractivity contribution in [3.8, 4) is 0 Å². The molecule has 19 heavy (non-hydrogen) atoms. The Labute approximate surface area is 117 Å². The lowest BCUT2D eigenvalue weighted by Gasteiger charge is -2.11. The Morgan fingerprint density at radius 2 is 2.11 bits per heavy atom. The van der Waals surface area contributed by atoms with Crippen molar-refractivity contribution in [2.45, 2.75) is 18.9 Å². The second kappa shape index (κ2) is 5.99. The van der Waals surface area contributed by atoms with Crippen LogP contribution in [-0.4, -0.2) is 15.6 Å². The van der Waals surface area contributed by atoms with Gasteiger partial charge in [0.05, 0.1) is 11.2 Å². The number of hydrogen-bond donors (Lipinski definition) is 1. The van der Waals surface area contributed by atoms with Crippen molar-refractivity contribution >= 4 is 17.4 Å². The summed E-state index contributed by atoms with van der Waals surface area (Å²) in [5, 5.41) is 4.34. The van der Waals surface area contributed by atoms with Crippen molar-refractivity contribution in [3.63, 3.8) is 0 Å². The molecular weight excluding hydrogens is 262 g/mol. The van der Waals surface area contributed by atoms with E-state index in [1.54, 1.807) is 7.05 Å². The van der Waals surface area contributed by atoms with Crippen molar-refractivity contribution in [3.05, 3.63) is 52.8 Å². The van der Waals surface area contributed by atoms with Crippen molar-refractivity contribution in [2.24, 2.45) is 12.8 Å². The van der Waals surface area contributed by atoms with Gasteiger partial charge in [-0.05, 0) is 12.0 Å². The zero-order chi connectivity index (χ0) is 13.8. The van der Waals surface area contributed by atoms with Crippen LogP contribution in [0.5, 0.6) is 0 Å². The summed E-state index contributed by atoms with van der Waals surface area (Å²) < 4.78 is 1.50. The Morgan fingerprint density at radius 1 is 1.42 bits per heavy atom. The quantitative estimate of drug-likeness (QED) is 0.855. The first-order valence-electron chi connectivity index (χ1n) is 6.11. The topological polar surface area (TPSA) is 60.9 Å². The Hall–Kier alpha value is -1.65. The van der Waals surface area contributed by atoms with Crippen LogP contribution < -0.4 is 5.73 Å². The molecule has 0 radical (unpaired) electrons. The van der Waals surface area contributed by atoms with Crippen molar-refractivity contribution < 1.29 is 4.79 Å². The second-order valence-corrected chi connectivity index (χ2v) is 4.85. The fraction of sp³-hybridized carbons (Fsp3) is 0.286. The molecule has 0 spiro atoms. The first-order valence-corrected chi connectivity index (χ1v) is 6.48. The van der Waals surface area contributed by atoms with Gasteiger partial charge in [0, 0.05) is 19.5 Å². The molecular formula is C14H16ClN3O. The van der Waals surface area contributed by atoms with Gasteiger partial charge in [-0.3, -0.25) is 9.48 Å². The van der Waals surface area contributed by atoms with Gasteiger partial charge < -0.3 is 5.73 Å². The highest BCUT2D eigenvalue weighted by molar-refractivity contribution is 6.33. The van der Waals surface area contributed by atoms with Crippen LogP contribution in [0.25, 0.3) is 0 Å². The van der Waals surface area contributed by atoms with E-state index in [1.807, 2.05) is 30.3 Å². The maximum absolute atomic E-state index is 12.1. The third kappa shape index (κ3) is 3.22. The number of halogens is 1. The van der Waals surface area contributed by atoms with Crippen molar-refractivity contribution in [2.75, 3.05) is 0 Å². The highest BCUT2D eigenvalue weighted by Crippen LogP contribution is 2.20. The van der Waals surface area contributed by atoms with Gasteiger partial charge in [-0.25, -0.2) is 0 Å². The van der Waals surface area contributed by atoms with Gasteiger partial charge in [0.2, 0.25) is 0 Å². The molecule has 1 aromatic carbocycles. The van der Waals surface area contributed by atoms with Gasteiger partial charge in [-0.1, -0.05) is 41.9 Å². The van der Waals surface area contributed by atoms with Gasteiger partial charge in [0.1, 0.15) is 5.69 Å². The van der Waals surface area contributed by atoms with Crippen LogP contribution in [0.4, 0.5) is 0 Å². The van der Waals surface area contributed by atoms with Crippen LogP contribution in [0.1, 0.15) is 34.9 Å². The van der Waals surface area contributed by atoms with Crippen LogP contribution in [0.2, 0.25) is 5.02 Å². The van der Waals surface area contributed by atoms with E-state index in [-0.39, 0.29) is 11.8 Å². The minimum atomic E-state index is -0.142. The Kier molecular flexibility index (Phi) is 4.35. The minimum absolute atomic E-state index is 0.0311. The lowest BCUT2D eigenvalue weighted by molar-refractivity contribution is 0.0968. The van der Waals surface area contributed by atoms with E-state index in [0.29, 0.717) is 23.6 Å². The molecule has 5 heteroatoms. The molecule has 0 aliphatic heterocycles. The normalized spacial score (nSPS) is 12.4. The van der Waals surface area contributed by atoms with E-state index in [1.165, 1.54) is 10.9 Å². The fourth-order valence-corrected chi connectivity index (χ4v) is 2.27. The summed E-state index contributed by atoms with van der Waals surface area (Å²) in [6.45, 7) is 0. The number of aromatic nitrogens is 2. The molecule has 0 aliphatic rings. The highest BCUT2D eigenvalue weighted by Gasteiger charge is 2.17. The average molecular weight is 278 g/mol. The number of nitrogens with two attached hydrogens (primary N) is 1. The van der Waals surface area contributed by atoms with E-state index in [2.05, 4.69) is 5.10 Å². The monoisotopic (exact) mass is 277 g/mol. The summed E-state index contributed by atoms with van der Waals surface area (Å²) >= 11 is 5.94. The predicted molar refractivity (Wildman–Crippen MR) is 75.2 cm³/mol. The molecule has 0 aliphatic carbocycles. The first-order chi connectivity index (χ1) is 9.09. The number of aryl methyl sites for hydroxylation is 1. The third-order valence-corrected chi connectivity index (χ3v) is 3.34. The summed E-state index contributed by atoms with van der Waals surface area (Å²) in [4.78, 5) is 12.1. The number of benzene rings is 1. The van der Waals surface area contributed by atoms with Gasteiger partial charge >= 0.3 is 0 Å². The molecule has 0 saturated carbocycles. The Balaban J connectivity index is 1.98. The maximum Gasteiger partial charge on any atom is 0.182 e. The van der Waals surface area contributed by atoms with E-state index in [4.69, 9.17) is 17.3 Å². The predicted octanol–water partition coefficient (Wildman–Crippen LogP) is 2.74. The van der Waals surface area contributed by atoms with Crippen molar-refractivity contribution in [1.29, 1.82) is 0 Å². The lowest BCUT2D eigenvalue weighted by atomic mass is 10.0.